The lowest BCUT2D eigenvalue weighted by atomic mass is 9.99. The molecule has 2 N–H and O–H groups in total. The first-order chi connectivity index (χ1) is 8.16. The van der Waals surface area contributed by atoms with Crippen molar-refractivity contribution >= 4 is 23.2 Å². The predicted molar refractivity (Wildman–Crippen MR) is 68.2 cm³/mol. The van der Waals surface area contributed by atoms with Crippen molar-refractivity contribution in [2.75, 3.05) is 18.4 Å². The van der Waals surface area contributed by atoms with Gasteiger partial charge in [-0.15, -0.1) is 0 Å². The maximum atomic E-state index is 12.0. The fraction of sp³-hybridized carbons (Fsp3) is 0.500. The van der Waals surface area contributed by atoms with Gasteiger partial charge < -0.3 is 10.6 Å². The average molecular weight is 254 g/mol. The summed E-state index contributed by atoms with van der Waals surface area (Å²) >= 11 is 5.94. The largest absolute Gasteiger partial charge is 0.323 e. The van der Waals surface area contributed by atoms with Gasteiger partial charge in [0.15, 0.2) is 5.15 Å². The molecule has 1 aliphatic heterocycles. The van der Waals surface area contributed by atoms with Crippen molar-refractivity contribution < 1.29 is 4.79 Å². The third-order valence-electron chi connectivity index (χ3n) is 2.90. The van der Waals surface area contributed by atoms with Gasteiger partial charge in [-0.1, -0.05) is 11.6 Å². The molecule has 1 aromatic rings. The lowest BCUT2D eigenvalue weighted by Crippen LogP contribution is -2.37. The van der Waals surface area contributed by atoms with Gasteiger partial charge in [-0.25, -0.2) is 4.98 Å². The van der Waals surface area contributed by atoms with E-state index in [2.05, 4.69) is 15.6 Å². The smallest absolute Gasteiger partial charge is 0.228 e. The van der Waals surface area contributed by atoms with Crippen molar-refractivity contribution in [3.8, 4) is 0 Å². The summed E-state index contributed by atoms with van der Waals surface area (Å²) in [6.45, 7) is 3.65. The lowest BCUT2D eigenvalue weighted by Gasteiger charge is -2.22. The SMILES string of the molecule is Cc1cnc(Cl)c(NC(=O)[C@@H]2CCCNC2)c1. The standard InChI is InChI=1S/C12H16ClN3O/c1-8-5-10(11(13)15-6-8)16-12(17)9-3-2-4-14-7-9/h5-6,9,14H,2-4,7H2,1H3,(H,16,17)/t9-/m1/s1. The van der Waals surface area contributed by atoms with Gasteiger partial charge in [0.25, 0.3) is 0 Å². The van der Waals surface area contributed by atoms with Gasteiger partial charge in [-0.2, -0.15) is 0 Å². The van der Waals surface area contributed by atoms with E-state index in [0.717, 1.165) is 31.5 Å². The summed E-state index contributed by atoms with van der Waals surface area (Å²) in [7, 11) is 0. The minimum atomic E-state index is 0.0199. The van der Waals surface area contributed by atoms with Gasteiger partial charge in [-0.3, -0.25) is 4.79 Å². The van der Waals surface area contributed by atoms with E-state index < -0.39 is 0 Å². The van der Waals surface area contributed by atoms with Crippen LogP contribution in [-0.4, -0.2) is 24.0 Å². The Morgan fingerprint density at radius 3 is 3.18 bits per heavy atom. The summed E-state index contributed by atoms with van der Waals surface area (Å²) in [5, 5.41) is 6.41. The number of carbonyl (C=O) groups excluding carboxylic acids is 1. The molecule has 0 saturated carbocycles. The molecule has 1 aliphatic rings. The molecule has 2 rings (SSSR count). The second-order valence-electron chi connectivity index (χ2n) is 4.38. The minimum Gasteiger partial charge on any atom is -0.323 e. The molecule has 5 heteroatoms. The Balaban J connectivity index is 2.04. The van der Waals surface area contributed by atoms with Gasteiger partial charge in [0.1, 0.15) is 0 Å². The summed E-state index contributed by atoms with van der Waals surface area (Å²) in [6, 6.07) is 1.84. The Kier molecular flexibility index (Phi) is 3.97. The molecule has 0 bridgehead atoms. The van der Waals surface area contributed by atoms with Crippen LogP contribution in [0.25, 0.3) is 0 Å². The summed E-state index contributed by atoms with van der Waals surface area (Å²) in [6.07, 6.45) is 3.65. The number of nitrogens with zero attached hydrogens (tertiary/aromatic N) is 1. The van der Waals surface area contributed by atoms with Crippen LogP contribution in [0.2, 0.25) is 5.15 Å². The van der Waals surface area contributed by atoms with Crippen LogP contribution in [-0.2, 0) is 4.79 Å². The second kappa shape index (κ2) is 5.47. The van der Waals surface area contributed by atoms with Crippen LogP contribution in [0.15, 0.2) is 12.3 Å². The molecule has 0 spiro atoms. The minimum absolute atomic E-state index is 0.0199. The Morgan fingerprint density at radius 1 is 1.65 bits per heavy atom. The van der Waals surface area contributed by atoms with Crippen molar-refractivity contribution in [1.29, 1.82) is 0 Å². The maximum absolute atomic E-state index is 12.0. The van der Waals surface area contributed by atoms with E-state index in [-0.39, 0.29) is 11.8 Å². The van der Waals surface area contributed by atoms with Gasteiger partial charge in [-0.05, 0) is 37.9 Å². The first kappa shape index (κ1) is 12.3. The van der Waals surface area contributed by atoms with Crippen molar-refractivity contribution in [2.24, 2.45) is 5.92 Å². The molecule has 1 fully saturated rings. The van der Waals surface area contributed by atoms with Crippen molar-refractivity contribution in [3.63, 3.8) is 0 Å². The number of halogens is 1. The third-order valence-corrected chi connectivity index (χ3v) is 3.20. The van der Waals surface area contributed by atoms with E-state index in [9.17, 15) is 4.79 Å². The van der Waals surface area contributed by atoms with Crippen molar-refractivity contribution in [3.05, 3.63) is 23.0 Å². The Bertz CT molecular complexity index is 416. The molecule has 1 atom stereocenters. The number of piperidine rings is 1. The molecular formula is C12H16ClN3O. The monoisotopic (exact) mass is 253 g/mol. The molecule has 0 aromatic carbocycles. The quantitative estimate of drug-likeness (QED) is 0.793. The van der Waals surface area contributed by atoms with Crippen LogP contribution in [0.1, 0.15) is 18.4 Å². The molecule has 0 unspecified atom stereocenters. The number of pyridine rings is 1. The highest BCUT2D eigenvalue weighted by atomic mass is 35.5. The summed E-state index contributed by atoms with van der Waals surface area (Å²) in [4.78, 5) is 16.0. The molecule has 1 saturated heterocycles. The predicted octanol–water partition coefficient (Wildman–Crippen LogP) is 1.98. The highest BCUT2D eigenvalue weighted by Gasteiger charge is 2.21. The van der Waals surface area contributed by atoms with Gasteiger partial charge in [0.05, 0.1) is 11.6 Å². The van der Waals surface area contributed by atoms with E-state index in [4.69, 9.17) is 11.6 Å². The topological polar surface area (TPSA) is 54.0 Å². The van der Waals surface area contributed by atoms with Gasteiger partial charge in [0, 0.05) is 12.7 Å². The molecule has 0 radical (unpaired) electrons. The van der Waals surface area contributed by atoms with Crippen LogP contribution < -0.4 is 10.6 Å². The first-order valence-electron chi connectivity index (χ1n) is 5.80. The molecular weight excluding hydrogens is 238 g/mol. The second-order valence-corrected chi connectivity index (χ2v) is 4.74. The third kappa shape index (κ3) is 3.17. The molecule has 2 heterocycles. The van der Waals surface area contributed by atoms with E-state index in [1.807, 2.05) is 13.0 Å². The normalized spacial score (nSPS) is 20.0. The average Bonchev–Trinajstić information content (AvgIpc) is 2.35. The number of aryl methyl sites for hydroxylation is 1. The highest BCUT2D eigenvalue weighted by molar-refractivity contribution is 6.32. The molecule has 92 valence electrons. The number of carbonyl (C=O) groups is 1. The zero-order valence-corrected chi connectivity index (χ0v) is 10.5. The Hall–Kier alpha value is -1.13. The number of anilines is 1. The van der Waals surface area contributed by atoms with E-state index in [1.54, 1.807) is 6.20 Å². The van der Waals surface area contributed by atoms with Crippen LogP contribution in [0, 0.1) is 12.8 Å². The van der Waals surface area contributed by atoms with Gasteiger partial charge in [0.2, 0.25) is 5.91 Å². The summed E-state index contributed by atoms with van der Waals surface area (Å²) in [5.41, 5.74) is 1.58. The lowest BCUT2D eigenvalue weighted by molar-refractivity contribution is -0.120. The number of aromatic nitrogens is 1. The fourth-order valence-corrected chi connectivity index (χ4v) is 2.10. The molecule has 0 aliphatic carbocycles. The molecule has 1 aromatic heterocycles. The molecule has 17 heavy (non-hydrogen) atoms. The highest BCUT2D eigenvalue weighted by Crippen LogP contribution is 2.21. The van der Waals surface area contributed by atoms with E-state index in [1.165, 1.54) is 0 Å². The number of nitrogens with one attached hydrogen (secondary N) is 2. The van der Waals surface area contributed by atoms with E-state index >= 15 is 0 Å². The first-order valence-corrected chi connectivity index (χ1v) is 6.18. The molecule has 1 amide bonds. The van der Waals surface area contributed by atoms with Crippen molar-refractivity contribution in [2.45, 2.75) is 19.8 Å². The zero-order chi connectivity index (χ0) is 12.3. The number of hydrogen-bond donors (Lipinski definition) is 2. The summed E-state index contributed by atoms with van der Waals surface area (Å²) < 4.78 is 0. The number of hydrogen-bond acceptors (Lipinski definition) is 3. The van der Waals surface area contributed by atoms with Gasteiger partial charge >= 0.3 is 0 Å². The summed E-state index contributed by atoms with van der Waals surface area (Å²) in [5.74, 6) is 0.0480. The van der Waals surface area contributed by atoms with Crippen LogP contribution >= 0.6 is 11.6 Å². The Labute approximate surface area is 106 Å². The molecule has 4 nitrogen and oxygen atoms in total. The fourth-order valence-electron chi connectivity index (χ4n) is 1.95. The zero-order valence-electron chi connectivity index (χ0n) is 9.79. The van der Waals surface area contributed by atoms with Crippen molar-refractivity contribution in [1.82, 2.24) is 10.3 Å². The van der Waals surface area contributed by atoms with Crippen LogP contribution in [0.5, 0.6) is 0 Å². The number of rotatable bonds is 2. The number of amides is 1. The maximum Gasteiger partial charge on any atom is 0.228 e. The van der Waals surface area contributed by atoms with Crippen LogP contribution in [0.4, 0.5) is 5.69 Å². The van der Waals surface area contributed by atoms with E-state index in [0.29, 0.717) is 10.8 Å². The Morgan fingerprint density at radius 2 is 2.47 bits per heavy atom. The van der Waals surface area contributed by atoms with Crippen LogP contribution in [0.3, 0.4) is 0 Å².